The summed E-state index contributed by atoms with van der Waals surface area (Å²) in [4.78, 5) is 0. The van der Waals surface area contributed by atoms with E-state index in [0.29, 0.717) is 10.6 Å². The lowest BCUT2D eigenvalue weighted by atomic mass is 9.92. The summed E-state index contributed by atoms with van der Waals surface area (Å²) < 4.78 is 13.9. The zero-order chi connectivity index (χ0) is 13.3. The lowest BCUT2D eigenvalue weighted by Crippen LogP contribution is -2.16. The first kappa shape index (κ1) is 13.1. The Hall–Kier alpha value is -1.38. The van der Waals surface area contributed by atoms with E-state index in [4.69, 9.17) is 17.3 Å². The highest BCUT2D eigenvalue weighted by molar-refractivity contribution is 6.30. The predicted octanol–water partition coefficient (Wildman–Crippen LogP) is 4.14. The van der Waals surface area contributed by atoms with Crippen LogP contribution in [-0.2, 0) is 0 Å². The zero-order valence-electron chi connectivity index (χ0n) is 10.4. The molecule has 0 aromatic heterocycles. The van der Waals surface area contributed by atoms with E-state index >= 15 is 0 Å². The van der Waals surface area contributed by atoms with Crippen molar-refractivity contribution in [3.05, 3.63) is 69.5 Å². The third-order valence-electron chi connectivity index (χ3n) is 3.15. The molecule has 2 aromatic carbocycles. The number of aryl methyl sites for hydroxylation is 2. The molecule has 0 spiro atoms. The highest BCUT2D eigenvalue weighted by Crippen LogP contribution is 2.28. The molecule has 0 aliphatic heterocycles. The van der Waals surface area contributed by atoms with Gasteiger partial charge in [-0.3, -0.25) is 0 Å². The number of nitrogens with two attached hydrogens (primary N) is 1. The minimum absolute atomic E-state index is 0.363. The molecule has 0 bridgehead atoms. The molecule has 0 radical (unpaired) electrons. The van der Waals surface area contributed by atoms with Crippen molar-refractivity contribution >= 4 is 11.6 Å². The van der Waals surface area contributed by atoms with Gasteiger partial charge < -0.3 is 5.73 Å². The Balaban J connectivity index is 2.51. The van der Waals surface area contributed by atoms with Crippen LogP contribution in [0.3, 0.4) is 0 Å². The average Bonchev–Trinajstić information content (AvgIpc) is 2.28. The lowest BCUT2D eigenvalue weighted by molar-refractivity contribution is 0.599. The van der Waals surface area contributed by atoms with Crippen LogP contribution >= 0.6 is 11.6 Å². The second-order valence-electron chi connectivity index (χ2n) is 4.45. The monoisotopic (exact) mass is 263 g/mol. The van der Waals surface area contributed by atoms with Gasteiger partial charge in [0, 0.05) is 10.6 Å². The van der Waals surface area contributed by atoms with Gasteiger partial charge in [0.2, 0.25) is 0 Å². The van der Waals surface area contributed by atoms with Gasteiger partial charge in [-0.15, -0.1) is 0 Å². The third kappa shape index (κ3) is 2.40. The normalized spacial score (nSPS) is 12.5. The standard InChI is InChI=1S/C15H15ClFN/c1-9-4-3-5-10(2)14(9)15(18)12-7-6-11(16)8-13(12)17/h3-8,15H,18H2,1-2H3. The van der Waals surface area contributed by atoms with E-state index in [-0.39, 0.29) is 5.82 Å². The molecule has 2 N–H and O–H groups in total. The Morgan fingerprint density at radius 1 is 1.11 bits per heavy atom. The van der Waals surface area contributed by atoms with Crippen LogP contribution in [0.15, 0.2) is 36.4 Å². The van der Waals surface area contributed by atoms with Crippen LogP contribution in [0.2, 0.25) is 5.02 Å². The third-order valence-corrected chi connectivity index (χ3v) is 3.39. The lowest BCUT2D eigenvalue weighted by Gasteiger charge is -2.18. The minimum atomic E-state index is -0.469. The smallest absolute Gasteiger partial charge is 0.129 e. The molecule has 0 fully saturated rings. The Bertz CT molecular complexity index is 560. The predicted molar refractivity (Wildman–Crippen MR) is 73.4 cm³/mol. The van der Waals surface area contributed by atoms with Crippen molar-refractivity contribution in [1.29, 1.82) is 0 Å². The van der Waals surface area contributed by atoms with Crippen molar-refractivity contribution in [3.8, 4) is 0 Å². The van der Waals surface area contributed by atoms with Gasteiger partial charge in [-0.05, 0) is 42.7 Å². The first-order valence-corrected chi connectivity index (χ1v) is 6.15. The maximum atomic E-state index is 13.9. The summed E-state index contributed by atoms with van der Waals surface area (Å²) in [6, 6.07) is 10.1. The van der Waals surface area contributed by atoms with Gasteiger partial charge in [-0.2, -0.15) is 0 Å². The van der Waals surface area contributed by atoms with Gasteiger partial charge >= 0.3 is 0 Å². The topological polar surface area (TPSA) is 26.0 Å². The molecule has 0 amide bonds. The molecule has 18 heavy (non-hydrogen) atoms. The van der Waals surface area contributed by atoms with Gasteiger partial charge in [0.05, 0.1) is 6.04 Å². The van der Waals surface area contributed by atoms with Gasteiger partial charge in [-0.1, -0.05) is 35.9 Å². The van der Waals surface area contributed by atoms with Gasteiger partial charge in [0.15, 0.2) is 0 Å². The Morgan fingerprint density at radius 3 is 2.28 bits per heavy atom. The Labute approximate surface area is 111 Å². The molecule has 2 aromatic rings. The molecule has 1 unspecified atom stereocenters. The van der Waals surface area contributed by atoms with E-state index in [1.54, 1.807) is 12.1 Å². The number of hydrogen-bond donors (Lipinski definition) is 1. The van der Waals surface area contributed by atoms with Crippen LogP contribution < -0.4 is 5.73 Å². The fourth-order valence-corrected chi connectivity index (χ4v) is 2.39. The molecule has 0 heterocycles. The van der Waals surface area contributed by atoms with Crippen LogP contribution in [-0.4, -0.2) is 0 Å². The summed E-state index contributed by atoms with van der Waals surface area (Å²) in [7, 11) is 0. The SMILES string of the molecule is Cc1cccc(C)c1C(N)c1ccc(Cl)cc1F. The molecule has 94 valence electrons. The molecular formula is C15H15ClFN. The number of benzene rings is 2. The van der Waals surface area contributed by atoms with E-state index in [1.807, 2.05) is 32.0 Å². The molecule has 0 saturated heterocycles. The first-order valence-electron chi connectivity index (χ1n) is 5.77. The van der Waals surface area contributed by atoms with Crippen LogP contribution in [0.1, 0.15) is 28.3 Å². The van der Waals surface area contributed by atoms with Crippen molar-refractivity contribution in [1.82, 2.24) is 0 Å². The fraction of sp³-hybridized carbons (Fsp3) is 0.200. The van der Waals surface area contributed by atoms with Crippen LogP contribution in [0.4, 0.5) is 4.39 Å². The fourth-order valence-electron chi connectivity index (χ4n) is 2.23. The van der Waals surface area contributed by atoms with E-state index in [1.165, 1.54) is 6.07 Å². The van der Waals surface area contributed by atoms with Crippen molar-refractivity contribution in [2.24, 2.45) is 5.73 Å². The molecule has 0 aliphatic carbocycles. The first-order chi connectivity index (χ1) is 8.50. The second-order valence-corrected chi connectivity index (χ2v) is 4.89. The summed E-state index contributed by atoms with van der Waals surface area (Å²) in [6.45, 7) is 3.96. The molecule has 0 saturated carbocycles. The quantitative estimate of drug-likeness (QED) is 0.866. The zero-order valence-corrected chi connectivity index (χ0v) is 11.1. The van der Waals surface area contributed by atoms with Crippen LogP contribution in [0.5, 0.6) is 0 Å². The van der Waals surface area contributed by atoms with Crippen molar-refractivity contribution in [2.75, 3.05) is 0 Å². The summed E-state index contributed by atoms with van der Waals surface area (Å²) in [5, 5.41) is 0.380. The van der Waals surface area contributed by atoms with E-state index in [2.05, 4.69) is 0 Å². The maximum absolute atomic E-state index is 13.9. The van der Waals surface area contributed by atoms with Gasteiger partial charge in [-0.25, -0.2) is 4.39 Å². The Morgan fingerprint density at radius 2 is 1.72 bits per heavy atom. The van der Waals surface area contributed by atoms with Gasteiger partial charge in [0.1, 0.15) is 5.82 Å². The van der Waals surface area contributed by atoms with E-state index in [0.717, 1.165) is 16.7 Å². The van der Waals surface area contributed by atoms with Gasteiger partial charge in [0.25, 0.3) is 0 Å². The number of hydrogen-bond acceptors (Lipinski definition) is 1. The van der Waals surface area contributed by atoms with Crippen molar-refractivity contribution in [2.45, 2.75) is 19.9 Å². The molecular weight excluding hydrogens is 249 g/mol. The molecule has 2 rings (SSSR count). The molecule has 1 nitrogen and oxygen atoms in total. The van der Waals surface area contributed by atoms with E-state index < -0.39 is 6.04 Å². The molecule has 3 heteroatoms. The summed E-state index contributed by atoms with van der Waals surface area (Å²) >= 11 is 5.75. The highest BCUT2D eigenvalue weighted by atomic mass is 35.5. The summed E-state index contributed by atoms with van der Waals surface area (Å²) in [5.41, 5.74) is 9.76. The molecule has 1 atom stereocenters. The number of rotatable bonds is 2. The largest absolute Gasteiger partial charge is 0.320 e. The van der Waals surface area contributed by atoms with Crippen LogP contribution in [0, 0.1) is 19.7 Å². The highest BCUT2D eigenvalue weighted by Gasteiger charge is 2.17. The molecule has 0 aliphatic rings. The summed E-state index contributed by atoms with van der Waals surface area (Å²) in [5.74, 6) is -0.363. The second kappa shape index (κ2) is 5.09. The van der Waals surface area contributed by atoms with Crippen molar-refractivity contribution in [3.63, 3.8) is 0 Å². The maximum Gasteiger partial charge on any atom is 0.129 e. The Kier molecular flexibility index (Phi) is 3.69. The minimum Gasteiger partial charge on any atom is -0.320 e. The average molecular weight is 264 g/mol. The van der Waals surface area contributed by atoms with Crippen LogP contribution in [0.25, 0.3) is 0 Å². The number of halogens is 2. The van der Waals surface area contributed by atoms with Crippen molar-refractivity contribution < 1.29 is 4.39 Å². The van der Waals surface area contributed by atoms with E-state index in [9.17, 15) is 4.39 Å². The summed E-state index contributed by atoms with van der Waals surface area (Å²) in [6.07, 6.45) is 0.